The van der Waals surface area contributed by atoms with Gasteiger partial charge in [-0.3, -0.25) is 4.68 Å². The second kappa shape index (κ2) is 5.41. The van der Waals surface area contributed by atoms with Gasteiger partial charge in [0, 0.05) is 32.4 Å². The molecule has 0 spiro atoms. The topological polar surface area (TPSA) is 46.0 Å². The van der Waals surface area contributed by atoms with Crippen LogP contribution in [0, 0.1) is 0 Å². The molecule has 1 aliphatic rings. The van der Waals surface area contributed by atoms with E-state index in [1.807, 2.05) is 13.2 Å². The Kier molecular flexibility index (Phi) is 3.90. The van der Waals surface area contributed by atoms with Crippen LogP contribution in [-0.2, 0) is 13.6 Å². The highest BCUT2D eigenvalue weighted by molar-refractivity contribution is 4.91. The predicted octanol–water partition coefficient (Wildman–Crippen LogP) is 0.389. The van der Waals surface area contributed by atoms with E-state index in [-0.39, 0.29) is 0 Å². The quantitative estimate of drug-likeness (QED) is 0.802. The van der Waals surface area contributed by atoms with Crippen molar-refractivity contribution in [3.05, 3.63) is 11.9 Å². The zero-order valence-electron chi connectivity index (χ0n) is 10.2. The van der Waals surface area contributed by atoms with Crippen molar-refractivity contribution >= 4 is 0 Å². The summed E-state index contributed by atoms with van der Waals surface area (Å²) < 4.78 is 1.74. The third-order valence-electron chi connectivity index (χ3n) is 3.26. The molecule has 0 saturated carbocycles. The second-order valence-corrected chi connectivity index (χ2v) is 4.64. The standard InChI is InChI=1S/C11H21N5/c1-15-6-4-3-5-11(15)8-12-7-10-9-16(2)14-13-10/h9,11-12H,3-8H2,1-2H3. The Labute approximate surface area is 96.8 Å². The number of nitrogens with zero attached hydrogens (tertiary/aromatic N) is 4. The van der Waals surface area contributed by atoms with Gasteiger partial charge >= 0.3 is 0 Å². The van der Waals surface area contributed by atoms with Crippen molar-refractivity contribution in [1.29, 1.82) is 0 Å². The van der Waals surface area contributed by atoms with Gasteiger partial charge in [0.2, 0.25) is 0 Å². The maximum Gasteiger partial charge on any atom is 0.0964 e. The molecule has 0 amide bonds. The van der Waals surface area contributed by atoms with E-state index in [4.69, 9.17) is 0 Å². The van der Waals surface area contributed by atoms with Crippen molar-refractivity contribution in [2.45, 2.75) is 31.8 Å². The van der Waals surface area contributed by atoms with Crippen LogP contribution in [0.2, 0.25) is 0 Å². The largest absolute Gasteiger partial charge is 0.309 e. The van der Waals surface area contributed by atoms with E-state index in [0.29, 0.717) is 6.04 Å². The molecule has 0 aromatic carbocycles. The van der Waals surface area contributed by atoms with Crippen LogP contribution in [0.1, 0.15) is 25.0 Å². The molecule has 2 rings (SSSR count). The zero-order valence-corrected chi connectivity index (χ0v) is 10.2. The smallest absolute Gasteiger partial charge is 0.0964 e. The second-order valence-electron chi connectivity index (χ2n) is 4.64. The predicted molar refractivity (Wildman–Crippen MR) is 63.0 cm³/mol. The summed E-state index contributed by atoms with van der Waals surface area (Å²) in [4.78, 5) is 2.45. The van der Waals surface area contributed by atoms with Gasteiger partial charge in [-0.05, 0) is 26.4 Å². The van der Waals surface area contributed by atoms with Crippen LogP contribution in [0.4, 0.5) is 0 Å². The van der Waals surface area contributed by atoms with Crippen LogP contribution < -0.4 is 5.32 Å². The summed E-state index contributed by atoms with van der Waals surface area (Å²) in [5, 5.41) is 11.4. The normalized spacial score (nSPS) is 22.5. The van der Waals surface area contributed by atoms with E-state index in [9.17, 15) is 0 Å². The van der Waals surface area contributed by atoms with Gasteiger partial charge in [0.25, 0.3) is 0 Å². The number of hydrogen-bond donors (Lipinski definition) is 1. The molecule has 0 radical (unpaired) electrons. The summed E-state index contributed by atoms with van der Waals surface area (Å²) in [6.07, 6.45) is 5.97. The molecule has 2 heterocycles. The van der Waals surface area contributed by atoms with Crippen molar-refractivity contribution in [2.75, 3.05) is 20.1 Å². The SMILES string of the molecule is CN1CCCCC1CNCc1cn(C)nn1. The Morgan fingerprint density at radius 3 is 3.00 bits per heavy atom. The first-order valence-electron chi connectivity index (χ1n) is 6.02. The van der Waals surface area contributed by atoms with Crippen molar-refractivity contribution in [3.8, 4) is 0 Å². The van der Waals surface area contributed by atoms with E-state index in [1.54, 1.807) is 4.68 Å². The molecule has 1 aromatic heterocycles. The van der Waals surface area contributed by atoms with Gasteiger partial charge < -0.3 is 10.2 Å². The molecule has 5 nitrogen and oxygen atoms in total. The van der Waals surface area contributed by atoms with E-state index < -0.39 is 0 Å². The molecular weight excluding hydrogens is 202 g/mol. The fraction of sp³-hybridized carbons (Fsp3) is 0.818. The lowest BCUT2D eigenvalue weighted by atomic mass is 10.0. The molecule has 0 bridgehead atoms. The number of nitrogens with one attached hydrogen (secondary N) is 1. The monoisotopic (exact) mass is 223 g/mol. The van der Waals surface area contributed by atoms with Gasteiger partial charge in [0.1, 0.15) is 0 Å². The fourth-order valence-corrected chi connectivity index (χ4v) is 2.25. The third kappa shape index (κ3) is 3.02. The molecule has 1 aromatic rings. The van der Waals surface area contributed by atoms with Crippen LogP contribution in [0.5, 0.6) is 0 Å². The average Bonchev–Trinajstić information content (AvgIpc) is 2.67. The van der Waals surface area contributed by atoms with Crippen molar-refractivity contribution in [3.63, 3.8) is 0 Å². The van der Waals surface area contributed by atoms with Crippen molar-refractivity contribution in [2.24, 2.45) is 7.05 Å². The van der Waals surface area contributed by atoms with E-state index in [0.717, 1.165) is 18.8 Å². The summed E-state index contributed by atoms with van der Waals surface area (Å²) in [5.74, 6) is 0. The van der Waals surface area contributed by atoms with Gasteiger partial charge in [0.05, 0.1) is 5.69 Å². The number of piperidine rings is 1. The first-order valence-corrected chi connectivity index (χ1v) is 6.02. The maximum atomic E-state index is 4.05. The molecule has 0 aliphatic carbocycles. The highest BCUT2D eigenvalue weighted by Crippen LogP contribution is 2.13. The van der Waals surface area contributed by atoms with Gasteiger partial charge in [-0.25, -0.2) is 0 Å². The number of aryl methyl sites for hydroxylation is 1. The summed E-state index contributed by atoms with van der Waals surface area (Å²) in [5.41, 5.74) is 1.01. The summed E-state index contributed by atoms with van der Waals surface area (Å²) >= 11 is 0. The molecule has 90 valence electrons. The minimum atomic E-state index is 0.686. The summed E-state index contributed by atoms with van der Waals surface area (Å²) in [6.45, 7) is 3.10. The Morgan fingerprint density at radius 1 is 1.44 bits per heavy atom. The molecule has 1 N–H and O–H groups in total. The summed E-state index contributed by atoms with van der Waals surface area (Å²) in [7, 11) is 4.11. The van der Waals surface area contributed by atoms with Crippen LogP contribution >= 0.6 is 0 Å². The number of likely N-dealkylation sites (tertiary alicyclic amines) is 1. The minimum Gasteiger partial charge on any atom is -0.309 e. The minimum absolute atomic E-state index is 0.686. The maximum absolute atomic E-state index is 4.05. The first-order chi connectivity index (χ1) is 7.75. The fourth-order valence-electron chi connectivity index (χ4n) is 2.25. The highest BCUT2D eigenvalue weighted by atomic mass is 15.4. The Balaban J connectivity index is 1.71. The lowest BCUT2D eigenvalue weighted by Crippen LogP contribution is -2.42. The van der Waals surface area contributed by atoms with Gasteiger partial charge in [-0.15, -0.1) is 5.10 Å². The summed E-state index contributed by atoms with van der Waals surface area (Å²) in [6, 6.07) is 0.686. The molecule has 1 saturated heterocycles. The molecule has 1 aliphatic heterocycles. The Bertz CT molecular complexity index is 322. The van der Waals surface area contributed by atoms with Crippen LogP contribution in [0.15, 0.2) is 6.20 Å². The zero-order chi connectivity index (χ0) is 11.4. The number of hydrogen-bond acceptors (Lipinski definition) is 4. The lowest BCUT2D eigenvalue weighted by Gasteiger charge is -2.32. The molecule has 16 heavy (non-hydrogen) atoms. The Hall–Kier alpha value is -0.940. The highest BCUT2D eigenvalue weighted by Gasteiger charge is 2.17. The van der Waals surface area contributed by atoms with Crippen molar-refractivity contribution in [1.82, 2.24) is 25.2 Å². The van der Waals surface area contributed by atoms with Gasteiger partial charge in [-0.1, -0.05) is 11.6 Å². The number of likely N-dealkylation sites (N-methyl/N-ethyl adjacent to an activating group) is 1. The average molecular weight is 223 g/mol. The van der Waals surface area contributed by atoms with E-state index in [1.165, 1.54) is 25.8 Å². The molecule has 1 atom stereocenters. The lowest BCUT2D eigenvalue weighted by molar-refractivity contribution is 0.181. The molecule has 1 unspecified atom stereocenters. The molecule has 1 fully saturated rings. The molecular formula is C11H21N5. The molecule has 5 heteroatoms. The number of rotatable bonds is 4. The number of aromatic nitrogens is 3. The van der Waals surface area contributed by atoms with Crippen LogP contribution in [-0.4, -0.2) is 46.1 Å². The van der Waals surface area contributed by atoms with E-state index >= 15 is 0 Å². The van der Waals surface area contributed by atoms with Crippen LogP contribution in [0.3, 0.4) is 0 Å². The third-order valence-corrected chi connectivity index (χ3v) is 3.26. The Morgan fingerprint density at radius 2 is 2.31 bits per heavy atom. The van der Waals surface area contributed by atoms with Crippen LogP contribution in [0.25, 0.3) is 0 Å². The van der Waals surface area contributed by atoms with Gasteiger partial charge in [-0.2, -0.15) is 0 Å². The van der Waals surface area contributed by atoms with Crippen molar-refractivity contribution < 1.29 is 0 Å². The van der Waals surface area contributed by atoms with Gasteiger partial charge in [0.15, 0.2) is 0 Å². The van der Waals surface area contributed by atoms with E-state index in [2.05, 4.69) is 27.6 Å². The first kappa shape index (κ1) is 11.5.